The summed E-state index contributed by atoms with van der Waals surface area (Å²) in [5, 5.41) is 9.10. The molecule has 1 fully saturated rings. The maximum absolute atomic E-state index is 12.9. The molecular weight excluding hydrogens is 485 g/mol. The van der Waals surface area contributed by atoms with E-state index in [1.54, 1.807) is 24.3 Å². The first-order chi connectivity index (χ1) is 15.3. The van der Waals surface area contributed by atoms with Crippen molar-refractivity contribution in [3.8, 4) is 11.5 Å². The molecular formula is C23H25Cl2N3O4S. The number of likely N-dealkylation sites (tertiary alicyclic amines) is 1. The topological polar surface area (TPSA) is 106 Å². The number of halogens is 2. The Kier molecular flexibility index (Phi) is 7.94. The summed E-state index contributed by atoms with van der Waals surface area (Å²) in [7, 11) is -4.13. The third-order valence-electron chi connectivity index (χ3n) is 5.54. The van der Waals surface area contributed by atoms with Gasteiger partial charge >= 0.3 is 10.1 Å². The van der Waals surface area contributed by atoms with Gasteiger partial charge in [0.25, 0.3) is 0 Å². The Bertz CT molecular complexity index is 1250. The number of nitrogens with one attached hydrogen (secondary N) is 1. The van der Waals surface area contributed by atoms with Crippen molar-refractivity contribution >= 4 is 50.9 Å². The fourth-order valence-corrected chi connectivity index (χ4v) is 5.20. The van der Waals surface area contributed by atoms with E-state index in [4.69, 9.17) is 31.7 Å². The zero-order chi connectivity index (χ0) is 22.7. The molecule has 0 saturated carbocycles. The van der Waals surface area contributed by atoms with Crippen LogP contribution >= 0.6 is 24.0 Å². The quantitative estimate of drug-likeness (QED) is 0.284. The number of ether oxygens (including phenoxy) is 1. The molecule has 0 radical (unpaired) electrons. The van der Waals surface area contributed by atoms with Crippen LogP contribution in [0, 0.1) is 11.3 Å². The number of fused-ring (bicyclic) bond motifs is 1. The molecule has 3 aromatic rings. The minimum atomic E-state index is -4.13. The Labute approximate surface area is 204 Å². The van der Waals surface area contributed by atoms with Gasteiger partial charge in [-0.3, -0.25) is 5.41 Å². The van der Waals surface area contributed by atoms with E-state index in [-0.39, 0.29) is 34.0 Å². The van der Waals surface area contributed by atoms with Crippen molar-refractivity contribution in [2.75, 3.05) is 19.7 Å². The van der Waals surface area contributed by atoms with Crippen LogP contribution in [-0.2, 0) is 10.1 Å². The first-order valence-corrected chi connectivity index (χ1v) is 12.1. The van der Waals surface area contributed by atoms with Crippen LogP contribution in [0.1, 0.15) is 12.8 Å². The molecule has 0 aromatic heterocycles. The summed E-state index contributed by atoms with van der Waals surface area (Å²) in [6.07, 6.45) is 1.74. The van der Waals surface area contributed by atoms with Crippen LogP contribution in [0.15, 0.2) is 65.6 Å². The molecule has 1 aliphatic heterocycles. The highest BCUT2D eigenvalue weighted by molar-refractivity contribution is 7.87. The molecule has 176 valence electrons. The maximum atomic E-state index is 12.9. The molecule has 3 N–H and O–H groups in total. The van der Waals surface area contributed by atoms with Gasteiger partial charge in [-0.1, -0.05) is 48.0 Å². The van der Waals surface area contributed by atoms with Gasteiger partial charge in [-0.05, 0) is 42.3 Å². The van der Waals surface area contributed by atoms with Gasteiger partial charge in [0, 0.05) is 24.5 Å². The van der Waals surface area contributed by atoms with Crippen molar-refractivity contribution in [2.45, 2.75) is 17.7 Å². The molecule has 0 amide bonds. The lowest BCUT2D eigenvalue weighted by molar-refractivity contribution is 0.180. The largest absolute Gasteiger partial charge is 0.493 e. The summed E-state index contributed by atoms with van der Waals surface area (Å²) in [6.45, 7) is 1.94. The molecule has 33 heavy (non-hydrogen) atoms. The summed E-state index contributed by atoms with van der Waals surface area (Å²) in [5.74, 6) is 1.14. The van der Waals surface area contributed by atoms with Gasteiger partial charge in [0.15, 0.2) is 11.7 Å². The van der Waals surface area contributed by atoms with Gasteiger partial charge < -0.3 is 19.6 Å². The van der Waals surface area contributed by atoms with Crippen molar-refractivity contribution in [3.05, 3.63) is 65.7 Å². The van der Waals surface area contributed by atoms with Crippen molar-refractivity contribution in [3.63, 3.8) is 0 Å². The maximum Gasteiger partial charge on any atom is 0.340 e. The zero-order valence-electron chi connectivity index (χ0n) is 17.7. The average Bonchev–Trinajstić information content (AvgIpc) is 2.78. The number of guanidine groups is 1. The lowest BCUT2D eigenvalue weighted by Gasteiger charge is -2.32. The highest BCUT2D eigenvalue weighted by Gasteiger charge is 2.23. The summed E-state index contributed by atoms with van der Waals surface area (Å²) in [5.41, 5.74) is 5.56. The number of hydrogen-bond acceptors (Lipinski definition) is 5. The molecule has 4 rings (SSSR count). The average molecular weight is 510 g/mol. The van der Waals surface area contributed by atoms with Gasteiger partial charge in [-0.15, -0.1) is 12.4 Å². The van der Waals surface area contributed by atoms with E-state index in [2.05, 4.69) is 0 Å². The van der Waals surface area contributed by atoms with E-state index in [0.717, 1.165) is 31.3 Å². The molecule has 0 aliphatic carbocycles. The van der Waals surface area contributed by atoms with Crippen molar-refractivity contribution in [1.82, 2.24) is 4.90 Å². The Balaban J connectivity index is 0.00000306. The minimum Gasteiger partial charge on any atom is -0.493 e. The van der Waals surface area contributed by atoms with E-state index < -0.39 is 10.1 Å². The molecule has 1 aliphatic rings. The van der Waals surface area contributed by atoms with Gasteiger partial charge in [0.1, 0.15) is 10.6 Å². The van der Waals surface area contributed by atoms with Crippen molar-refractivity contribution in [2.24, 2.45) is 11.7 Å². The summed E-state index contributed by atoms with van der Waals surface area (Å²) in [6, 6.07) is 17.0. The number of rotatable bonds is 6. The van der Waals surface area contributed by atoms with Gasteiger partial charge in [0.05, 0.1) is 11.6 Å². The van der Waals surface area contributed by atoms with Crippen LogP contribution < -0.4 is 14.7 Å². The van der Waals surface area contributed by atoms with Crippen molar-refractivity contribution < 1.29 is 17.3 Å². The summed E-state index contributed by atoms with van der Waals surface area (Å²) >= 11 is 6.08. The third-order valence-corrected chi connectivity index (χ3v) is 7.28. The predicted octanol–water partition coefficient (Wildman–Crippen LogP) is 4.67. The number of nitrogens with two attached hydrogens (primary N) is 1. The smallest absolute Gasteiger partial charge is 0.340 e. The summed E-state index contributed by atoms with van der Waals surface area (Å²) < 4.78 is 37.3. The van der Waals surface area contributed by atoms with E-state index in [9.17, 15) is 8.42 Å². The SMILES string of the molecule is Cl.N=C(N)N1CCC(COc2cc(OS(=O)(=O)c3ccccc3Cl)c3ccccc3c2)CC1. The van der Waals surface area contributed by atoms with Crippen molar-refractivity contribution in [1.29, 1.82) is 5.41 Å². The second kappa shape index (κ2) is 10.5. The van der Waals surface area contributed by atoms with Gasteiger partial charge in [0.2, 0.25) is 0 Å². The third kappa shape index (κ3) is 5.82. The molecule has 10 heteroatoms. The Morgan fingerprint density at radius 2 is 1.76 bits per heavy atom. The Hall–Kier alpha value is -2.68. The van der Waals surface area contributed by atoms with E-state index >= 15 is 0 Å². The predicted molar refractivity (Wildman–Crippen MR) is 132 cm³/mol. The number of piperidine rings is 1. The van der Waals surface area contributed by atoms with Crippen LogP contribution in [0.4, 0.5) is 0 Å². The van der Waals surface area contributed by atoms with Crippen LogP contribution in [0.3, 0.4) is 0 Å². The molecule has 1 saturated heterocycles. The lowest BCUT2D eigenvalue weighted by Crippen LogP contribution is -2.43. The van der Waals surface area contributed by atoms with Crippen LogP contribution in [-0.4, -0.2) is 39.0 Å². The molecule has 0 bridgehead atoms. The van der Waals surface area contributed by atoms with E-state index in [1.807, 2.05) is 29.2 Å². The zero-order valence-corrected chi connectivity index (χ0v) is 20.1. The van der Waals surface area contributed by atoms with E-state index in [1.165, 1.54) is 12.1 Å². The molecule has 0 unspecified atom stereocenters. The highest BCUT2D eigenvalue weighted by atomic mass is 35.5. The molecule has 0 atom stereocenters. The number of hydrogen-bond donors (Lipinski definition) is 2. The standard InChI is InChI=1S/C23H24ClN3O4S.ClH/c24-20-7-3-4-8-22(20)32(28,29)31-21-14-18(13-17-5-1-2-6-19(17)21)30-15-16-9-11-27(12-10-16)23(25)26;/h1-8,13-14,16H,9-12,15H2,(H3,25,26);1H. The van der Waals surface area contributed by atoms with Gasteiger partial charge in [-0.25, -0.2) is 0 Å². The first kappa shape index (κ1) is 25.0. The fourth-order valence-electron chi connectivity index (χ4n) is 3.77. The van der Waals surface area contributed by atoms with Crippen LogP contribution in [0.25, 0.3) is 10.8 Å². The monoisotopic (exact) mass is 509 g/mol. The molecule has 1 heterocycles. The van der Waals surface area contributed by atoms with E-state index in [0.29, 0.717) is 23.7 Å². The lowest BCUT2D eigenvalue weighted by atomic mass is 9.98. The number of nitrogens with zero attached hydrogens (tertiary/aromatic N) is 1. The Morgan fingerprint density at radius 1 is 1.09 bits per heavy atom. The fraction of sp³-hybridized carbons (Fsp3) is 0.261. The second-order valence-corrected chi connectivity index (χ2v) is 9.66. The second-order valence-electron chi connectivity index (χ2n) is 7.74. The molecule has 3 aromatic carbocycles. The first-order valence-electron chi connectivity index (χ1n) is 10.3. The number of benzene rings is 3. The molecule has 0 spiro atoms. The van der Waals surface area contributed by atoms with Gasteiger partial charge in [-0.2, -0.15) is 8.42 Å². The van der Waals surface area contributed by atoms with Crippen LogP contribution in [0.5, 0.6) is 11.5 Å². The Morgan fingerprint density at radius 3 is 2.45 bits per heavy atom. The minimum absolute atomic E-state index is 0. The highest BCUT2D eigenvalue weighted by Crippen LogP contribution is 2.34. The normalized spacial score (nSPS) is 14.5. The molecule has 7 nitrogen and oxygen atoms in total. The summed E-state index contributed by atoms with van der Waals surface area (Å²) in [4.78, 5) is 1.76. The van der Waals surface area contributed by atoms with Crippen LogP contribution in [0.2, 0.25) is 5.02 Å².